The second kappa shape index (κ2) is 9.92. The van der Waals surface area contributed by atoms with Gasteiger partial charge in [0.2, 0.25) is 0 Å². The van der Waals surface area contributed by atoms with Crippen LogP contribution in [-0.2, 0) is 6.42 Å². The summed E-state index contributed by atoms with van der Waals surface area (Å²) in [5, 5.41) is 12.4. The minimum Gasteiger partial charge on any atom is -0.396 e. The lowest BCUT2D eigenvalue weighted by molar-refractivity contribution is 0.200. The number of aliphatic hydroxyl groups is 1. The predicted octanol–water partition coefficient (Wildman–Crippen LogP) is 3.51. The van der Waals surface area contributed by atoms with Gasteiger partial charge in [0.15, 0.2) is 0 Å². The molecule has 0 bridgehead atoms. The molecule has 0 fully saturated rings. The number of carbonyl (C=O) groups is 1. The van der Waals surface area contributed by atoms with Crippen molar-refractivity contribution in [3.05, 3.63) is 65.5 Å². The van der Waals surface area contributed by atoms with Crippen LogP contribution in [0.4, 0.5) is 4.79 Å². The van der Waals surface area contributed by atoms with Gasteiger partial charge in [-0.05, 0) is 35.6 Å². The highest BCUT2D eigenvalue weighted by Crippen LogP contribution is 2.21. The van der Waals surface area contributed by atoms with Crippen LogP contribution in [-0.4, -0.2) is 41.2 Å². The molecule has 0 saturated carbocycles. The van der Waals surface area contributed by atoms with Crippen molar-refractivity contribution in [3.8, 4) is 0 Å². The molecular weight excluding hydrogens is 326 g/mol. The van der Waals surface area contributed by atoms with E-state index in [1.807, 2.05) is 30.3 Å². The van der Waals surface area contributed by atoms with E-state index < -0.39 is 0 Å². The molecule has 1 aromatic carbocycles. The minimum absolute atomic E-state index is 0.0223. The molecule has 5 nitrogen and oxygen atoms in total. The van der Waals surface area contributed by atoms with Crippen molar-refractivity contribution in [2.75, 3.05) is 20.2 Å². The number of hydrogen-bond acceptors (Lipinski definition) is 3. The second-order valence-corrected chi connectivity index (χ2v) is 6.83. The number of carbonyl (C=O) groups excluding carboxylic acids is 1. The summed E-state index contributed by atoms with van der Waals surface area (Å²) in [6.45, 7) is 4.91. The molecule has 0 aliphatic carbocycles. The Kier molecular flexibility index (Phi) is 7.60. The van der Waals surface area contributed by atoms with E-state index in [2.05, 4.69) is 36.3 Å². The maximum Gasteiger partial charge on any atom is 0.317 e. The van der Waals surface area contributed by atoms with E-state index in [0.29, 0.717) is 25.3 Å². The topological polar surface area (TPSA) is 65.5 Å². The average Bonchev–Trinajstić information content (AvgIpc) is 2.66. The summed E-state index contributed by atoms with van der Waals surface area (Å²) in [6, 6.07) is 13.7. The zero-order valence-corrected chi connectivity index (χ0v) is 15.9. The van der Waals surface area contributed by atoms with Gasteiger partial charge in [0.05, 0.1) is 6.04 Å². The number of hydrogen-bond donors (Lipinski definition) is 2. The number of pyridine rings is 1. The molecule has 2 aromatic rings. The maximum atomic E-state index is 12.5. The van der Waals surface area contributed by atoms with Gasteiger partial charge in [-0.15, -0.1) is 0 Å². The van der Waals surface area contributed by atoms with Crippen LogP contribution in [0.5, 0.6) is 0 Å². The summed E-state index contributed by atoms with van der Waals surface area (Å²) in [6.07, 6.45) is 2.95. The van der Waals surface area contributed by atoms with Crippen LogP contribution in [0.1, 0.15) is 49.0 Å². The molecule has 1 unspecified atom stereocenters. The van der Waals surface area contributed by atoms with Gasteiger partial charge in [0.25, 0.3) is 0 Å². The van der Waals surface area contributed by atoms with Crippen LogP contribution in [0.2, 0.25) is 0 Å². The van der Waals surface area contributed by atoms with Gasteiger partial charge in [-0.3, -0.25) is 4.98 Å². The van der Waals surface area contributed by atoms with Gasteiger partial charge in [-0.1, -0.05) is 44.2 Å². The number of nitrogens with zero attached hydrogens (tertiary/aromatic N) is 2. The predicted molar refractivity (Wildman–Crippen MR) is 104 cm³/mol. The summed E-state index contributed by atoms with van der Waals surface area (Å²) in [5.74, 6) is 0.465. The zero-order valence-electron chi connectivity index (χ0n) is 15.9. The highest BCUT2D eigenvalue weighted by molar-refractivity contribution is 5.74. The van der Waals surface area contributed by atoms with Gasteiger partial charge in [-0.2, -0.15) is 0 Å². The SMILES string of the molecule is CC(C)c1ccc(C(CCO)NC(=O)N(C)CCc2ccccn2)cc1. The maximum absolute atomic E-state index is 12.5. The first-order chi connectivity index (χ1) is 12.5. The molecule has 2 amide bonds. The minimum atomic E-state index is -0.203. The number of benzene rings is 1. The first-order valence-corrected chi connectivity index (χ1v) is 9.13. The fourth-order valence-corrected chi connectivity index (χ4v) is 2.75. The van der Waals surface area contributed by atoms with Crippen molar-refractivity contribution in [2.45, 2.75) is 38.6 Å². The van der Waals surface area contributed by atoms with Crippen LogP contribution in [0.15, 0.2) is 48.7 Å². The zero-order chi connectivity index (χ0) is 18.9. The summed E-state index contributed by atoms with van der Waals surface area (Å²) >= 11 is 0. The molecule has 0 radical (unpaired) electrons. The van der Waals surface area contributed by atoms with Gasteiger partial charge < -0.3 is 15.3 Å². The number of aromatic nitrogens is 1. The van der Waals surface area contributed by atoms with Crippen LogP contribution < -0.4 is 5.32 Å². The Hall–Kier alpha value is -2.40. The molecule has 2 rings (SSSR count). The Bertz CT molecular complexity index is 671. The lowest BCUT2D eigenvalue weighted by Crippen LogP contribution is -2.40. The number of nitrogens with one attached hydrogen (secondary N) is 1. The Morgan fingerprint density at radius 1 is 1.15 bits per heavy atom. The van der Waals surface area contributed by atoms with Gasteiger partial charge in [0.1, 0.15) is 0 Å². The first-order valence-electron chi connectivity index (χ1n) is 9.13. The third kappa shape index (κ3) is 5.85. The van der Waals surface area contributed by atoms with Crippen molar-refractivity contribution < 1.29 is 9.90 Å². The van der Waals surface area contributed by atoms with Gasteiger partial charge in [-0.25, -0.2) is 4.79 Å². The van der Waals surface area contributed by atoms with Crippen LogP contribution >= 0.6 is 0 Å². The Morgan fingerprint density at radius 3 is 2.42 bits per heavy atom. The highest BCUT2D eigenvalue weighted by atomic mass is 16.3. The molecule has 26 heavy (non-hydrogen) atoms. The molecular formula is C21H29N3O2. The highest BCUT2D eigenvalue weighted by Gasteiger charge is 2.17. The van der Waals surface area contributed by atoms with Crippen molar-refractivity contribution in [2.24, 2.45) is 0 Å². The van der Waals surface area contributed by atoms with E-state index in [9.17, 15) is 9.90 Å². The molecule has 0 spiro atoms. The number of urea groups is 1. The summed E-state index contributed by atoms with van der Waals surface area (Å²) < 4.78 is 0. The van der Waals surface area contributed by atoms with Crippen molar-refractivity contribution in [1.29, 1.82) is 0 Å². The molecule has 2 N–H and O–H groups in total. The smallest absolute Gasteiger partial charge is 0.317 e. The van der Waals surface area contributed by atoms with Crippen molar-refractivity contribution in [1.82, 2.24) is 15.2 Å². The molecule has 0 aliphatic rings. The second-order valence-electron chi connectivity index (χ2n) is 6.83. The largest absolute Gasteiger partial charge is 0.396 e. The fraction of sp³-hybridized carbons (Fsp3) is 0.429. The van der Waals surface area contributed by atoms with Crippen molar-refractivity contribution in [3.63, 3.8) is 0 Å². The lowest BCUT2D eigenvalue weighted by Gasteiger charge is -2.24. The van der Waals surface area contributed by atoms with Crippen LogP contribution in [0.25, 0.3) is 0 Å². The quantitative estimate of drug-likeness (QED) is 0.761. The number of aliphatic hydroxyl groups excluding tert-OH is 1. The van der Waals surface area contributed by atoms with Crippen molar-refractivity contribution >= 4 is 6.03 Å². The third-order valence-electron chi connectivity index (χ3n) is 4.50. The number of likely N-dealkylation sites (N-methyl/N-ethyl adjacent to an activating group) is 1. The average molecular weight is 355 g/mol. The van der Waals surface area contributed by atoms with Gasteiger partial charge >= 0.3 is 6.03 Å². The van der Waals surface area contributed by atoms with E-state index in [1.54, 1.807) is 18.1 Å². The molecule has 0 saturated heterocycles. The first kappa shape index (κ1) is 19.9. The lowest BCUT2D eigenvalue weighted by atomic mass is 9.98. The standard InChI is InChI=1S/C21H29N3O2/c1-16(2)17-7-9-18(10-8-17)20(12-15-25)23-21(26)24(3)14-11-19-6-4-5-13-22-19/h4-10,13,16,20,25H,11-12,14-15H2,1-3H3,(H,23,26). The van der Waals surface area contributed by atoms with Gasteiger partial charge in [0, 0.05) is 38.5 Å². The summed E-state index contributed by atoms with van der Waals surface area (Å²) in [4.78, 5) is 18.4. The van der Waals surface area contributed by atoms with E-state index in [-0.39, 0.29) is 18.7 Å². The molecule has 140 valence electrons. The molecule has 1 heterocycles. The Morgan fingerprint density at radius 2 is 1.85 bits per heavy atom. The molecule has 1 atom stereocenters. The number of amides is 2. The normalized spacial score (nSPS) is 12.0. The Labute approximate surface area is 156 Å². The van der Waals surface area contributed by atoms with E-state index in [1.165, 1.54) is 5.56 Å². The third-order valence-corrected chi connectivity index (χ3v) is 4.50. The molecule has 0 aliphatic heterocycles. The van der Waals surface area contributed by atoms with Crippen LogP contribution in [0.3, 0.4) is 0 Å². The monoisotopic (exact) mass is 355 g/mol. The van der Waals surface area contributed by atoms with E-state index >= 15 is 0 Å². The summed E-state index contributed by atoms with van der Waals surface area (Å²) in [7, 11) is 1.77. The number of rotatable bonds is 8. The van der Waals surface area contributed by atoms with Crippen LogP contribution in [0, 0.1) is 0 Å². The Balaban J connectivity index is 1.95. The summed E-state index contributed by atoms with van der Waals surface area (Å²) in [5.41, 5.74) is 3.23. The fourth-order valence-electron chi connectivity index (χ4n) is 2.75. The van der Waals surface area contributed by atoms with E-state index in [0.717, 1.165) is 11.3 Å². The molecule has 1 aromatic heterocycles. The van der Waals surface area contributed by atoms with E-state index in [4.69, 9.17) is 0 Å². The molecule has 5 heteroatoms.